The van der Waals surface area contributed by atoms with Crippen molar-refractivity contribution in [3.05, 3.63) is 59.1 Å². The zero-order chi connectivity index (χ0) is 16.4. The topological polar surface area (TPSA) is 76.1 Å². The second kappa shape index (κ2) is 6.10. The van der Waals surface area contributed by atoms with Gasteiger partial charge >= 0.3 is 0 Å². The second-order valence-electron chi connectivity index (χ2n) is 5.17. The largest absolute Gasteiger partial charge is 0.274 e. The van der Waals surface area contributed by atoms with Crippen LogP contribution in [0, 0.1) is 6.92 Å². The number of nitrogens with one attached hydrogen (secondary N) is 1. The third kappa shape index (κ3) is 3.57. The lowest BCUT2D eigenvalue weighted by Crippen LogP contribution is -2.31. The van der Waals surface area contributed by atoms with Crippen molar-refractivity contribution in [3.8, 4) is 0 Å². The monoisotopic (exact) mass is 346 g/mol. The van der Waals surface area contributed by atoms with Crippen LogP contribution in [0.25, 0.3) is 10.2 Å². The molecule has 1 heterocycles. The molecule has 1 N–H and O–H groups in total. The third-order valence-electron chi connectivity index (χ3n) is 3.35. The van der Waals surface area contributed by atoms with E-state index < -0.39 is 15.9 Å². The Morgan fingerprint density at radius 2 is 1.91 bits per heavy atom. The van der Waals surface area contributed by atoms with Gasteiger partial charge in [0.25, 0.3) is 10.0 Å². The van der Waals surface area contributed by atoms with Crippen molar-refractivity contribution in [2.75, 3.05) is 0 Å². The Hall–Kier alpha value is -2.25. The molecule has 0 radical (unpaired) electrons. The molecule has 0 fully saturated rings. The Balaban J connectivity index is 1.77. The van der Waals surface area contributed by atoms with Gasteiger partial charge in [0, 0.05) is 0 Å². The van der Waals surface area contributed by atoms with Crippen molar-refractivity contribution in [1.82, 2.24) is 9.71 Å². The molecule has 2 aromatic carbocycles. The number of fused-ring (bicyclic) bond motifs is 1. The Bertz CT molecular complexity index is 960. The molecule has 0 aliphatic carbocycles. The molecule has 0 atom stereocenters. The fraction of sp³-hybridized carbons (Fsp3) is 0.125. The van der Waals surface area contributed by atoms with Gasteiger partial charge in [0.1, 0.15) is 0 Å². The smallest absolute Gasteiger partial charge is 0.264 e. The van der Waals surface area contributed by atoms with Crippen molar-refractivity contribution in [2.24, 2.45) is 0 Å². The molecule has 3 aromatic rings. The highest BCUT2D eigenvalue weighted by Gasteiger charge is 2.18. The summed E-state index contributed by atoms with van der Waals surface area (Å²) in [6.07, 6.45) is 0.0162. The van der Waals surface area contributed by atoms with E-state index in [9.17, 15) is 13.2 Å². The van der Waals surface area contributed by atoms with Crippen LogP contribution in [0.15, 0.2) is 52.9 Å². The van der Waals surface area contributed by atoms with E-state index in [1.165, 1.54) is 23.5 Å². The Morgan fingerprint density at radius 1 is 1.17 bits per heavy atom. The van der Waals surface area contributed by atoms with E-state index >= 15 is 0 Å². The highest BCUT2D eigenvalue weighted by atomic mass is 32.2. The van der Waals surface area contributed by atoms with Crippen molar-refractivity contribution >= 4 is 37.5 Å². The van der Waals surface area contributed by atoms with Gasteiger partial charge in [-0.05, 0) is 30.7 Å². The Labute approximate surface area is 138 Å². The van der Waals surface area contributed by atoms with Crippen LogP contribution < -0.4 is 4.72 Å². The number of carbonyl (C=O) groups is 1. The van der Waals surface area contributed by atoms with E-state index in [0.29, 0.717) is 0 Å². The van der Waals surface area contributed by atoms with E-state index in [-0.39, 0.29) is 11.3 Å². The van der Waals surface area contributed by atoms with Crippen LogP contribution in [0.2, 0.25) is 0 Å². The number of carbonyl (C=O) groups excluding carboxylic acids is 1. The van der Waals surface area contributed by atoms with Gasteiger partial charge in [-0.1, -0.05) is 29.8 Å². The molecule has 0 aliphatic rings. The Morgan fingerprint density at radius 3 is 2.65 bits per heavy atom. The molecule has 118 valence electrons. The predicted molar refractivity (Wildman–Crippen MR) is 89.8 cm³/mol. The van der Waals surface area contributed by atoms with Crippen LogP contribution in [0.4, 0.5) is 0 Å². The minimum absolute atomic E-state index is 0.0162. The van der Waals surface area contributed by atoms with Crippen molar-refractivity contribution in [2.45, 2.75) is 18.2 Å². The molecule has 0 spiro atoms. The number of amides is 1. The second-order valence-corrected chi connectivity index (χ2v) is 7.74. The molecule has 0 bridgehead atoms. The summed E-state index contributed by atoms with van der Waals surface area (Å²) >= 11 is 1.35. The first-order valence-electron chi connectivity index (χ1n) is 6.88. The number of rotatable bonds is 4. The summed E-state index contributed by atoms with van der Waals surface area (Å²) < 4.78 is 27.5. The number of sulfonamides is 1. The summed E-state index contributed by atoms with van der Waals surface area (Å²) in [5, 5.41) is 0. The summed E-state index contributed by atoms with van der Waals surface area (Å²) in [6, 6.07) is 12.0. The number of aryl methyl sites for hydroxylation is 1. The average Bonchev–Trinajstić information content (AvgIpc) is 2.96. The van der Waals surface area contributed by atoms with E-state index in [2.05, 4.69) is 9.71 Å². The predicted octanol–water partition coefficient (Wildman–Crippen LogP) is 2.65. The number of hydrogen-bond acceptors (Lipinski definition) is 5. The van der Waals surface area contributed by atoms with E-state index in [1.54, 1.807) is 11.6 Å². The fourth-order valence-electron chi connectivity index (χ4n) is 2.14. The minimum Gasteiger partial charge on any atom is -0.274 e. The van der Waals surface area contributed by atoms with Gasteiger partial charge in [-0.2, -0.15) is 0 Å². The zero-order valence-electron chi connectivity index (χ0n) is 12.3. The van der Waals surface area contributed by atoms with Gasteiger partial charge in [-0.25, -0.2) is 18.1 Å². The van der Waals surface area contributed by atoms with E-state index in [4.69, 9.17) is 0 Å². The van der Waals surface area contributed by atoms with Gasteiger partial charge in [-0.15, -0.1) is 11.3 Å². The molecule has 0 saturated heterocycles. The molecule has 23 heavy (non-hydrogen) atoms. The molecule has 1 amide bonds. The van der Waals surface area contributed by atoms with Crippen molar-refractivity contribution < 1.29 is 13.2 Å². The molecule has 0 unspecified atom stereocenters. The van der Waals surface area contributed by atoms with Gasteiger partial charge in [0.2, 0.25) is 5.91 Å². The molecular formula is C16H14N2O3S2. The summed E-state index contributed by atoms with van der Waals surface area (Å²) in [6.45, 7) is 1.95. The quantitative estimate of drug-likeness (QED) is 0.788. The maximum absolute atomic E-state index is 12.3. The maximum atomic E-state index is 12.3. The normalized spacial score (nSPS) is 11.5. The van der Waals surface area contributed by atoms with Crippen LogP contribution in [-0.4, -0.2) is 19.3 Å². The van der Waals surface area contributed by atoms with Crippen LogP contribution in [0.5, 0.6) is 0 Å². The molecular weight excluding hydrogens is 332 g/mol. The average molecular weight is 346 g/mol. The lowest BCUT2D eigenvalue weighted by atomic mass is 10.1. The lowest BCUT2D eigenvalue weighted by molar-refractivity contribution is -0.118. The molecule has 1 aromatic heterocycles. The third-order valence-corrected chi connectivity index (χ3v) is 5.51. The first-order valence-corrected chi connectivity index (χ1v) is 9.25. The first kappa shape index (κ1) is 15.6. The van der Waals surface area contributed by atoms with Crippen molar-refractivity contribution in [3.63, 3.8) is 0 Å². The number of benzene rings is 2. The minimum atomic E-state index is -3.88. The van der Waals surface area contributed by atoms with Gasteiger partial charge < -0.3 is 0 Å². The standard InChI is InChI=1S/C16H14N2O3S2/c1-11-2-4-12(5-3-11)8-16(19)18-23(20,21)13-6-7-14-15(9-13)22-10-17-14/h2-7,9-10H,8H2,1H3,(H,18,19). The summed E-state index contributed by atoms with van der Waals surface area (Å²) in [4.78, 5) is 16.2. The Kier molecular flexibility index (Phi) is 4.14. The molecule has 3 rings (SSSR count). The number of nitrogens with zero attached hydrogens (tertiary/aromatic N) is 1. The van der Waals surface area contributed by atoms with Gasteiger partial charge in [0.15, 0.2) is 0 Å². The van der Waals surface area contributed by atoms with Gasteiger partial charge in [0.05, 0.1) is 27.0 Å². The van der Waals surface area contributed by atoms with E-state index in [1.807, 2.05) is 31.2 Å². The zero-order valence-corrected chi connectivity index (χ0v) is 13.9. The number of hydrogen-bond donors (Lipinski definition) is 1. The molecule has 0 aliphatic heterocycles. The molecule has 0 saturated carbocycles. The number of aromatic nitrogens is 1. The number of thiazole rings is 1. The highest BCUT2D eigenvalue weighted by molar-refractivity contribution is 7.90. The van der Waals surface area contributed by atoms with Crippen LogP contribution in [0.3, 0.4) is 0 Å². The summed E-state index contributed by atoms with van der Waals surface area (Å²) in [5.74, 6) is -0.557. The van der Waals surface area contributed by atoms with Crippen molar-refractivity contribution in [1.29, 1.82) is 0 Å². The maximum Gasteiger partial charge on any atom is 0.264 e. The molecule has 5 nitrogen and oxygen atoms in total. The summed E-state index contributed by atoms with van der Waals surface area (Å²) in [5.41, 5.74) is 4.23. The van der Waals surface area contributed by atoms with E-state index in [0.717, 1.165) is 21.3 Å². The van der Waals surface area contributed by atoms with Crippen LogP contribution >= 0.6 is 11.3 Å². The first-order chi connectivity index (χ1) is 10.9. The lowest BCUT2D eigenvalue weighted by Gasteiger charge is -2.07. The van der Waals surface area contributed by atoms with Crippen LogP contribution in [-0.2, 0) is 21.2 Å². The highest BCUT2D eigenvalue weighted by Crippen LogP contribution is 2.21. The fourth-order valence-corrected chi connectivity index (χ4v) is 3.94. The van der Waals surface area contributed by atoms with Crippen LogP contribution in [0.1, 0.15) is 11.1 Å². The SMILES string of the molecule is Cc1ccc(CC(=O)NS(=O)(=O)c2ccc3ncsc3c2)cc1. The summed E-state index contributed by atoms with van der Waals surface area (Å²) in [7, 11) is -3.88. The van der Waals surface area contributed by atoms with Gasteiger partial charge in [-0.3, -0.25) is 4.79 Å². The molecule has 7 heteroatoms.